The standard InChI is InChI=1S/C16H28N4O/c1-6-20-14(13(17)11(2)18-20)15(21)19(5)12-7-9-16(3,4)10-8-12/h12H,6-10,17H2,1-5H3. The molecule has 0 unspecified atom stereocenters. The van der Waals surface area contributed by atoms with E-state index in [0.29, 0.717) is 29.4 Å². The summed E-state index contributed by atoms with van der Waals surface area (Å²) in [6, 6.07) is 0.311. The first kappa shape index (κ1) is 15.9. The molecule has 21 heavy (non-hydrogen) atoms. The van der Waals surface area contributed by atoms with Crippen molar-refractivity contribution in [2.45, 2.75) is 66.0 Å². The smallest absolute Gasteiger partial charge is 0.274 e. The van der Waals surface area contributed by atoms with Gasteiger partial charge in [-0.25, -0.2) is 0 Å². The number of hydrogen-bond donors (Lipinski definition) is 1. The summed E-state index contributed by atoms with van der Waals surface area (Å²) in [6.45, 7) is 9.09. The monoisotopic (exact) mass is 292 g/mol. The topological polar surface area (TPSA) is 64.2 Å². The Labute approximate surface area is 127 Å². The number of nitrogens with two attached hydrogens (primary N) is 1. The molecule has 1 aromatic rings. The van der Waals surface area contributed by atoms with Gasteiger partial charge in [0.15, 0.2) is 0 Å². The third kappa shape index (κ3) is 3.06. The largest absolute Gasteiger partial charge is 0.395 e. The van der Waals surface area contributed by atoms with E-state index in [4.69, 9.17) is 5.73 Å². The van der Waals surface area contributed by atoms with E-state index < -0.39 is 0 Å². The molecule has 5 heteroatoms. The van der Waals surface area contributed by atoms with Crippen LogP contribution >= 0.6 is 0 Å². The molecule has 2 rings (SSSR count). The van der Waals surface area contributed by atoms with Gasteiger partial charge in [-0.3, -0.25) is 9.48 Å². The van der Waals surface area contributed by atoms with Crippen molar-refractivity contribution in [1.82, 2.24) is 14.7 Å². The number of aromatic nitrogens is 2. The molecular formula is C16H28N4O. The first-order valence-corrected chi connectivity index (χ1v) is 7.87. The van der Waals surface area contributed by atoms with E-state index in [1.165, 1.54) is 0 Å². The van der Waals surface area contributed by atoms with E-state index in [1.54, 1.807) is 4.68 Å². The van der Waals surface area contributed by atoms with Crippen LogP contribution in [0, 0.1) is 12.3 Å². The highest BCUT2D eigenvalue weighted by molar-refractivity contribution is 5.98. The van der Waals surface area contributed by atoms with Crippen molar-refractivity contribution >= 4 is 11.6 Å². The SMILES string of the molecule is CCn1nc(C)c(N)c1C(=O)N(C)C1CCC(C)(C)CC1. The summed E-state index contributed by atoms with van der Waals surface area (Å²) in [5.74, 6) is -0.000318. The zero-order chi connectivity index (χ0) is 15.8. The molecule has 1 fully saturated rings. The number of nitrogens with zero attached hydrogens (tertiary/aromatic N) is 3. The Morgan fingerprint density at radius 3 is 2.52 bits per heavy atom. The maximum atomic E-state index is 12.8. The van der Waals surface area contributed by atoms with E-state index in [1.807, 2.05) is 25.8 Å². The summed E-state index contributed by atoms with van der Waals surface area (Å²) in [4.78, 5) is 14.7. The van der Waals surface area contributed by atoms with Crippen molar-refractivity contribution in [1.29, 1.82) is 0 Å². The van der Waals surface area contributed by atoms with Crippen LogP contribution in [0.2, 0.25) is 0 Å². The first-order chi connectivity index (χ1) is 9.76. The molecule has 0 saturated heterocycles. The van der Waals surface area contributed by atoms with E-state index in [0.717, 1.165) is 31.4 Å². The lowest BCUT2D eigenvalue weighted by molar-refractivity contribution is 0.0624. The minimum atomic E-state index is -0.000318. The molecule has 118 valence electrons. The lowest BCUT2D eigenvalue weighted by Gasteiger charge is -2.38. The Hall–Kier alpha value is -1.52. The second-order valence-corrected chi connectivity index (χ2v) is 6.97. The van der Waals surface area contributed by atoms with Gasteiger partial charge in [0.05, 0.1) is 11.4 Å². The summed E-state index contributed by atoms with van der Waals surface area (Å²) < 4.78 is 1.72. The normalized spacial score (nSPS) is 18.7. The Morgan fingerprint density at radius 2 is 2.00 bits per heavy atom. The number of nitrogen functional groups attached to an aromatic ring is 1. The van der Waals surface area contributed by atoms with Crippen molar-refractivity contribution in [2.75, 3.05) is 12.8 Å². The highest BCUT2D eigenvalue weighted by Gasteiger charge is 2.32. The van der Waals surface area contributed by atoms with Crippen LogP contribution in [0.1, 0.15) is 62.6 Å². The van der Waals surface area contributed by atoms with Crippen LogP contribution in [0.3, 0.4) is 0 Å². The van der Waals surface area contributed by atoms with Crippen molar-refractivity contribution < 1.29 is 4.79 Å². The molecule has 1 heterocycles. The molecule has 0 aliphatic heterocycles. The van der Waals surface area contributed by atoms with Gasteiger partial charge in [-0.15, -0.1) is 0 Å². The van der Waals surface area contributed by atoms with E-state index in [2.05, 4.69) is 18.9 Å². The predicted octanol–water partition coefficient (Wildman–Crippen LogP) is 2.83. The van der Waals surface area contributed by atoms with Crippen LogP contribution in [0.5, 0.6) is 0 Å². The van der Waals surface area contributed by atoms with Crippen LogP contribution in [-0.2, 0) is 6.54 Å². The minimum Gasteiger partial charge on any atom is -0.395 e. The van der Waals surface area contributed by atoms with Gasteiger partial charge in [0.2, 0.25) is 0 Å². The van der Waals surface area contributed by atoms with Gasteiger partial charge >= 0.3 is 0 Å². The van der Waals surface area contributed by atoms with Gasteiger partial charge in [-0.2, -0.15) is 5.10 Å². The van der Waals surface area contributed by atoms with Crippen LogP contribution in [-0.4, -0.2) is 33.7 Å². The summed E-state index contributed by atoms with van der Waals surface area (Å²) in [7, 11) is 1.90. The lowest BCUT2D eigenvalue weighted by atomic mass is 9.75. The van der Waals surface area contributed by atoms with Gasteiger partial charge in [0.25, 0.3) is 5.91 Å². The quantitative estimate of drug-likeness (QED) is 0.931. The summed E-state index contributed by atoms with van der Waals surface area (Å²) in [5, 5.41) is 4.34. The summed E-state index contributed by atoms with van der Waals surface area (Å²) >= 11 is 0. The van der Waals surface area contributed by atoms with Gasteiger partial charge in [0, 0.05) is 19.6 Å². The zero-order valence-corrected chi connectivity index (χ0v) is 13.9. The van der Waals surface area contributed by atoms with Crippen LogP contribution in [0.4, 0.5) is 5.69 Å². The second-order valence-electron chi connectivity index (χ2n) is 6.97. The maximum absolute atomic E-state index is 12.8. The zero-order valence-electron chi connectivity index (χ0n) is 13.9. The van der Waals surface area contributed by atoms with Crippen LogP contribution in [0.15, 0.2) is 0 Å². The summed E-state index contributed by atoms with van der Waals surface area (Å²) in [6.07, 6.45) is 4.45. The van der Waals surface area contributed by atoms with E-state index in [9.17, 15) is 4.79 Å². The Kier molecular flexibility index (Phi) is 4.30. The third-order valence-electron chi connectivity index (χ3n) is 4.85. The summed E-state index contributed by atoms with van der Waals surface area (Å²) in [5.41, 5.74) is 8.26. The van der Waals surface area contributed by atoms with Gasteiger partial charge in [-0.05, 0) is 44.9 Å². The van der Waals surface area contributed by atoms with Crippen molar-refractivity contribution in [3.8, 4) is 0 Å². The van der Waals surface area contributed by atoms with Gasteiger partial charge in [0.1, 0.15) is 5.69 Å². The molecule has 0 aromatic carbocycles. The Balaban J connectivity index is 2.17. The minimum absolute atomic E-state index is 0.000318. The maximum Gasteiger partial charge on any atom is 0.274 e. The van der Waals surface area contributed by atoms with Gasteiger partial charge in [-0.1, -0.05) is 13.8 Å². The molecule has 1 aliphatic rings. The number of hydrogen-bond acceptors (Lipinski definition) is 3. The van der Waals surface area contributed by atoms with Crippen molar-refractivity contribution in [3.05, 3.63) is 11.4 Å². The van der Waals surface area contributed by atoms with E-state index in [-0.39, 0.29) is 5.91 Å². The molecule has 2 N–H and O–H groups in total. The molecule has 1 aliphatic carbocycles. The molecular weight excluding hydrogens is 264 g/mol. The Morgan fingerprint density at radius 1 is 1.43 bits per heavy atom. The highest BCUT2D eigenvalue weighted by atomic mass is 16.2. The molecule has 0 atom stereocenters. The number of rotatable bonds is 3. The van der Waals surface area contributed by atoms with Crippen LogP contribution in [0.25, 0.3) is 0 Å². The number of anilines is 1. The number of carbonyl (C=O) groups is 1. The highest BCUT2D eigenvalue weighted by Crippen LogP contribution is 2.37. The fourth-order valence-electron chi connectivity index (χ4n) is 3.15. The number of aryl methyl sites for hydroxylation is 2. The molecule has 1 saturated carbocycles. The molecule has 0 spiro atoms. The fourth-order valence-corrected chi connectivity index (χ4v) is 3.15. The van der Waals surface area contributed by atoms with Crippen molar-refractivity contribution in [2.24, 2.45) is 5.41 Å². The number of carbonyl (C=O) groups excluding carboxylic acids is 1. The van der Waals surface area contributed by atoms with Crippen molar-refractivity contribution in [3.63, 3.8) is 0 Å². The fraction of sp³-hybridized carbons (Fsp3) is 0.750. The number of amides is 1. The molecule has 1 aromatic heterocycles. The molecule has 1 amide bonds. The lowest BCUT2D eigenvalue weighted by Crippen LogP contribution is -2.41. The van der Waals surface area contributed by atoms with Gasteiger partial charge < -0.3 is 10.6 Å². The average Bonchev–Trinajstić information content (AvgIpc) is 2.73. The second kappa shape index (κ2) is 5.70. The molecule has 5 nitrogen and oxygen atoms in total. The van der Waals surface area contributed by atoms with Crippen LogP contribution < -0.4 is 5.73 Å². The first-order valence-electron chi connectivity index (χ1n) is 7.87. The molecule has 0 bridgehead atoms. The predicted molar refractivity (Wildman–Crippen MR) is 85.2 cm³/mol. The van der Waals surface area contributed by atoms with E-state index >= 15 is 0 Å². The molecule has 0 radical (unpaired) electrons. The average molecular weight is 292 g/mol. The third-order valence-corrected chi connectivity index (χ3v) is 4.85. The Bertz CT molecular complexity index is 523.